The predicted octanol–water partition coefficient (Wildman–Crippen LogP) is 2.87. The molecular formula is C11H19NO3. The molecule has 0 fully saturated rings. The lowest BCUT2D eigenvalue weighted by molar-refractivity contribution is -0.152. The summed E-state index contributed by atoms with van der Waals surface area (Å²) in [5.74, 6) is 0.994. The first-order valence-electron chi connectivity index (χ1n) is 5.38. The van der Waals surface area contributed by atoms with Gasteiger partial charge in [-0.1, -0.05) is 19.0 Å². The van der Waals surface area contributed by atoms with Crippen molar-refractivity contribution in [3.8, 4) is 0 Å². The molecule has 0 saturated heterocycles. The Kier molecular flexibility index (Phi) is 4.78. The highest BCUT2D eigenvalue weighted by Crippen LogP contribution is 2.22. The summed E-state index contributed by atoms with van der Waals surface area (Å²) in [4.78, 5) is 0. The molecule has 0 radical (unpaired) electrons. The fourth-order valence-electron chi connectivity index (χ4n) is 1.20. The average molecular weight is 213 g/mol. The fraction of sp³-hybridized carbons (Fsp3) is 0.727. The fourth-order valence-corrected chi connectivity index (χ4v) is 1.20. The Morgan fingerprint density at radius 2 is 1.87 bits per heavy atom. The lowest BCUT2D eigenvalue weighted by Crippen LogP contribution is -2.07. The lowest BCUT2D eigenvalue weighted by Gasteiger charge is -2.12. The van der Waals surface area contributed by atoms with Crippen LogP contribution in [0.25, 0.3) is 0 Å². The van der Waals surface area contributed by atoms with E-state index < -0.39 is 6.29 Å². The van der Waals surface area contributed by atoms with Gasteiger partial charge < -0.3 is 14.0 Å². The smallest absolute Gasteiger partial charge is 0.220 e. The van der Waals surface area contributed by atoms with E-state index in [0.717, 1.165) is 5.69 Å². The molecule has 0 bridgehead atoms. The van der Waals surface area contributed by atoms with Crippen molar-refractivity contribution >= 4 is 0 Å². The van der Waals surface area contributed by atoms with Gasteiger partial charge in [-0.25, -0.2) is 0 Å². The average Bonchev–Trinajstić information content (AvgIpc) is 2.66. The minimum atomic E-state index is -0.431. The maximum absolute atomic E-state index is 5.41. The Morgan fingerprint density at radius 3 is 2.27 bits per heavy atom. The van der Waals surface area contributed by atoms with Gasteiger partial charge >= 0.3 is 0 Å². The Hall–Kier alpha value is -0.870. The third kappa shape index (κ3) is 3.32. The second-order valence-electron chi connectivity index (χ2n) is 3.55. The van der Waals surface area contributed by atoms with Crippen LogP contribution in [0.15, 0.2) is 10.6 Å². The van der Waals surface area contributed by atoms with Crippen LogP contribution in [0.3, 0.4) is 0 Å². The molecular weight excluding hydrogens is 194 g/mol. The van der Waals surface area contributed by atoms with Gasteiger partial charge in [-0.2, -0.15) is 0 Å². The molecule has 86 valence electrons. The first-order chi connectivity index (χ1) is 7.19. The molecule has 0 aliphatic carbocycles. The quantitative estimate of drug-likeness (QED) is 0.681. The number of hydrogen-bond donors (Lipinski definition) is 0. The van der Waals surface area contributed by atoms with E-state index in [2.05, 4.69) is 19.0 Å². The zero-order valence-electron chi connectivity index (χ0n) is 9.82. The molecule has 0 aliphatic rings. The van der Waals surface area contributed by atoms with Crippen molar-refractivity contribution in [1.29, 1.82) is 0 Å². The molecule has 0 unspecified atom stereocenters. The van der Waals surface area contributed by atoms with Crippen molar-refractivity contribution in [3.63, 3.8) is 0 Å². The van der Waals surface area contributed by atoms with E-state index in [0.29, 0.717) is 24.9 Å². The third-order valence-corrected chi connectivity index (χ3v) is 2.01. The summed E-state index contributed by atoms with van der Waals surface area (Å²) < 4.78 is 16.0. The van der Waals surface area contributed by atoms with Crippen LogP contribution < -0.4 is 0 Å². The van der Waals surface area contributed by atoms with Crippen LogP contribution in [0.5, 0.6) is 0 Å². The standard InChI is InChI=1S/C11H19NO3/c1-5-13-11(14-6-2)10-7-9(8(3)4)12-15-10/h7-8,11H,5-6H2,1-4H3. The number of rotatable bonds is 6. The van der Waals surface area contributed by atoms with E-state index in [9.17, 15) is 0 Å². The summed E-state index contributed by atoms with van der Waals surface area (Å²) >= 11 is 0. The summed E-state index contributed by atoms with van der Waals surface area (Å²) in [6.45, 7) is 9.15. The van der Waals surface area contributed by atoms with Gasteiger partial charge in [-0.15, -0.1) is 0 Å². The van der Waals surface area contributed by atoms with Crippen molar-refractivity contribution in [1.82, 2.24) is 5.16 Å². The van der Waals surface area contributed by atoms with Crippen LogP contribution in [0.2, 0.25) is 0 Å². The van der Waals surface area contributed by atoms with Gasteiger partial charge in [-0.3, -0.25) is 0 Å². The SMILES string of the molecule is CCOC(OCC)c1cc(C(C)C)no1. The summed E-state index contributed by atoms with van der Waals surface area (Å²) in [7, 11) is 0. The van der Waals surface area contributed by atoms with Crippen molar-refractivity contribution in [2.24, 2.45) is 0 Å². The van der Waals surface area contributed by atoms with Crippen molar-refractivity contribution in [2.45, 2.75) is 39.9 Å². The molecule has 4 heteroatoms. The summed E-state index contributed by atoms with van der Waals surface area (Å²) in [5, 5.41) is 3.97. The van der Waals surface area contributed by atoms with E-state index in [-0.39, 0.29) is 0 Å². The highest BCUT2D eigenvalue weighted by molar-refractivity contribution is 5.09. The third-order valence-electron chi connectivity index (χ3n) is 2.01. The Bertz CT molecular complexity index is 277. The number of aromatic nitrogens is 1. The van der Waals surface area contributed by atoms with Gasteiger partial charge in [0, 0.05) is 19.3 Å². The lowest BCUT2D eigenvalue weighted by atomic mass is 10.1. The van der Waals surface area contributed by atoms with Crippen LogP contribution in [0.1, 0.15) is 51.4 Å². The zero-order valence-corrected chi connectivity index (χ0v) is 9.82. The highest BCUT2D eigenvalue weighted by atomic mass is 16.7. The number of nitrogens with zero attached hydrogens (tertiary/aromatic N) is 1. The molecule has 0 saturated carbocycles. The van der Waals surface area contributed by atoms with Gasteiger partial charge in [0.25, 0.3) is 0 Å². The molecule has 4 nitrogen and oxygen atoms in total. The van der Waals surface area contributed by atoms with Gasteiger partial charge in [-0.05, 0) is 19.8 Å². The van der Waals surface area contributed by atoms with Crippen LogP contribution in [-0.4, -0.2) is 18.4 Å². The van der Waals surface area contributed by atoms with Gasteiger partial charge in [0.1, 0.15) is 0 Å². The van der Waals surface area contributed by atoms with Crippen LogP contribution >= 0.6 is 0 Å². The maximum atomic E-state index is 5.41. The molecule has 0 aromatic carbocycles. The molecule has 1 heterocycles. The second kappa shape index (κ2) is 5.88. The number of hydrogen-bond acceptors (Lipinski definition) is 4. The van der Waals surface area contributed by atoms with Crippen LogP contribution in [0, 0.1) is 0 Å². The van der Waals surface area contributed by atoms with E-state index in [1.807, 2.05) is 19.9 Å². The van der Waals surface area contributed by atoms with E-state index in [1.165, 1.54) is 0 Å². The molecule has 0 spiro atoms. The van der Waals surface area contributed by atoms with Gasteiger partial charge in [0.2, 0.25) is 6.29 Å². The minimum absolute atomic E-state index is 0.353. The Balaban J connectivity index is 2.72. The molecule has 1 rings (SSSR count). The van der Waals surface area contributed by atoms with Gasteiger partial charge in [0.05, 0.1) is 5.69 Å². The molecule has 15 heavy (non-hydrogen) atoms. The Morgan fingerprint density at radius 1 is 1.27 bits per heavy atom. The second-order valence-corrected chi connectivity index (χ2v) is 3.55. The topological polar surface area (TPSA) is 44.5 Å². The highest BCUT2D eigenvalue weighted by Gasteiger charge is 2.18. The molecule has 1 aromatic rings. The molecule has 1 aromatic heterocycles. The molecule has 0 aliphatic heterocycles. The Labute approximate surface area is 90.5 Å². The monoisotopic (exact) mass is 213 g/mol. The molecule has 0 amide bonds. The predicted molar refractivity (Wildman–Crippen MR) is 56.6 cm³/mol. The summed E-state index contributed by atoms with van der Waals surface area (Å²) in [5.41, 5.74) is 0.925. The van der Waals surface area contributed by atoms with Crippen molar-refractivity contribution < 1.29 is 14.0 Å². The maximum Gasteiger partial charge on any atom is 0.220 e. The zero-order chi connectivity index (χ0) is 11.3. The van der Waals surface area contributed by atoms with Crippen molar-refractivity contribution in [3.05, 3.63) is 17.5 Å². The molecule has 0 atom stereocenters. The van der Waals surface area contributed by atoms with Crippen LogP contribution in [0.4, 0.5) is 0 Å². The van der Waals surface area contributed by atoms with Gasteiger partial charge in [0.15, 0.2) is 5.76 Å². The molecule has 0 N–H and O–H groups in total. The largest absolute Gasteiger partial charge is 0.356 e. The van der Waals surface area contributed by atoms with E-state index in [4.69, 9.17) is 14.0 Å². The van der Waals surface area contributed by atoms with E-state index in [1.54, 1.807) is 0 Å². The van der Waals surface area contributed by atoms with Crippen LogP contribution in [-0.2, 0) is 9.47 Å². The minimum Gasteiger partial charge on any atom is -0.356 e. The number of ether oxygens (including phenoxy) is 2. The summed E-state index contributed by atoms with van der Waals surface area (Å²) in [6, 6.07) is 1.89. The normalized spacial score (nSPS) is 11.6. The first kappa shape index (κ1) is 12.2. The van der Waals surface area contributed by atoms with Crippen molar-refractivity contribution in [2.75, 3.05) is 13.2 Å². The van der Waals surface area contributed by atoms with E-state index >= 15 is 0 Å². The summed E-state index contributed by atoms with van der Waals surface area (Å²) in [6.07, 6.45) is -0.431. The first-order valence-corrected chi connectivity index (χ1v) is 5.38.